The van der Waals surface area contributed by atoms with E-state index in [-0.39, 0.29) is 26.8 Å². The first-order valence-corrected chi connectivity index (χ1v) is 8.39. The van der Waals surface area contributed by atoms with Crippen LogP contribution in [0.2, 0.25) is 5.02 Å². The average molecular weight is 379 g/mol. The quantitative estimate of drug-likeness (QED) is 0.439. The monoisotopic (exact) mass is 378 g/mol. The van der Waals surface area contributed by atoms with E-state index in [9.17, 15) is 19.7 Å². The first-order chi connectivity index (χ1) is 11.9. The lowest BCUT2D eigenvalue weighted by Gasteiger charge is -2.06. The van der Waals surface area contributed by atoms with Gasteiger partial charge in [-0.2, -0.15) is 0 Å². The molecule has 0 spiro atoms. The molecule has 0 aliphatic carbocycles. The smallest absolute Gasteiger partial charge is 0.293 e. The predicted octanol–water partition coefficient (Wildman–Crippen LogP) is 4.56. The molecule has 2 amide bonds. The molecule has 2 aromatic rings. The Hall–Kier alpha value is -2.58. The van der Waals surface area contributed by atoms with Gasteiger partial charge in [0.25, 0.3) is 16.8 Å². The molecule has 9 heteroatoms. The van der Waals surface area contributed by atoms with Gasteiger partial charge < -0.3 is 4.42 Å². The number of halogens is 1. The normalized spacial score (nSPS) is 16.1. The molecule has 1 aromatic heterocycles. The SMILES string of the molecule is CCN1C(=O)SC(=Cc2ccc(-c3ccc([N+](=O)[O-])cc3Cl)o2)C1=O. The predicted molar refractivity (Wildman–Crippen MR) is 94.2 cm³/mol. The number of non-ortho nitro benzene ring substituents is 1. The molecule has 0 atom stereocenters. The van der Waals surface area contributed by atoms with Gasteiger partial charge in [-0.1, -0.05) is 11.6 Å². The highest BCUT2D eigenvalue weighted by Crippen LogP contribution is 2.35. The maximum Gasteiger partial charge on any atom is 0.293 e. The summed E-state index contributed by atoms with van der Waals surface area (Å²) < 4.78 is 5.64. The van der Waals surface area contributed by atoms with E-state index >= 15 is 0 Å². The second-order valence-electron chi connectivity index (χ2n) is 5.05. The third-order valence-corrected chi connectivity index (χ3v) is 4.74. The largest absolute Gasteiger partial charge is 0.457 e. The van der Waals surface area contributed by atoms with Crippen LogP contribution in [0.25, 0.3) is 17.4 Å². The molecule has 0 unspecified atom stereocenters. The summed E-state index contributed by atoms with van der Waals surface area (Å²) in [5.41, 5.74) is 0.377. The van der Waals surface area contributed by atoms with Crippen molar-refractivity contribution in [2.24, 2.45) is 0 Å². The van der Waals surface area contributed by atoms with Gasteiger partial charge in [-0.15, -0.1) is 0 Å². The number of likely N-dealkylation sites (N-methyl/N-ethyl adjacent to an activating group) is 1. The summed E-state index contributed by atoms with van der Waals surface area (Å²) in [4.78, 5) is 35.4. The van der Waals surface area contributed by atoms with Crippen molar-refractivity contribution in [3.05, 3.63) is 56.1 Å². The molecular weight excluding hydrogens is 368 g/mol. The van der Waals surface area contributed by atoms with E-state index in [0.29, 0.717) is 23.6 Å². The molecule has 128 valence electrons. The van der Waals surface area contributed by atoms with E-state index in [1.165, 1.54) is 24.3 Å². The van der Waals surface area contributed by atoms with Crippen LogP contribution >= 0.6 is 23.4 Å². The number of thioether (sulfide) groups is 1. The van der Waals surface area contributed by atoms with Crippen molar-refractivity contribution in [2.45, 2.75) is 6.92 Å². The van der Waals surface area contributed by atoms with Gasteiger partial charge in [0.1, 0.15) is 11.5 Å². The number of furan rings is 1. The molecule has 3 rings (SSSR count). The van der Waals surface area contributed by atoms with E-state index in [1.807, 2.05) is 0 Å². The molecule has 7 nitrogen and oxygen atoms in total. The molecule has 0 bridgehead atoms. The van der Waals surface area contributed by atoms with Crippen LogP contribution in [0.15, 0.2) is 39.7 Å². The second kappa shape index (κ2) is 6.73. The molecule has 2 heterocycles. The number of hydrogen-bond acceptors (Lipinski definition) is 6. The summed E-state index contributed by atoms with van der Waals surface area (Å²) in [6.07, 6.45) is 1.49. The molecule has 0 saturated carbocycles. The second-order valence-corrected chi connectivity index (χ2v) is 6.45. The van der Waals surface area contributed by atoms with Gasteiger partial charge in [-0.3, -0.25) is 24.6 Å². The molecule has 25 heavy (non-hydrogen) atoms. The number of nitro benzene ring substituents is 1. The minimum Gasteiger partial charge on any atom is -0.457 e. The number of carbonyl (C=O) groups is 2. The zero-order valence-corrected chi connectivity index (χ0v) is 14.5. The van der Waals surface area contributed by atoms with Gasteiger partial charge in [0.05, 0.1) is 14.9 Å². The van der Waals surface area contributed by atoms with Gasteiger partial charge in [0, 0.05) is 30.3 Å². The maximum atomic E-state index is 12.1. The van der Waals surface area contributed by atoms with Crippen LogP contribution in [0.5, 0.6) is 0 Å². The maximum absolute atomic E-state index is 12.1. The molecular formula is C16H11ClN2O5S. The van der Waals surface area contributed by atoms with Crippen LogP contribution in [0, 0.1) is 10.1 Å². The van der Waals surface area contributed by atoms with Crippen LogP contribution in [0.1, 0.15) is 12.7 Å². The van der Waals surface area contributed by atoms with Gasteiger partial charge in [-0.05, 0) is 36.9 Å². The highest BCUT2D eigenvalue weighted by molar-refractivity contribution is 8.18. The summed E-state index contributed by atoms with van der Waals surface area (Å²) in [6, 6.07) is 7.34. The van der Waals surface area contributed by atoms with Crippen LogP contribution in [0.3, 0.4) is 0 Å². The number of carbonyl (C=O) groups excluding carboxylic acids is 2. The van der Waals surface area contributed by atoms with Crippen LogP contribution in [-0.4, -0.2) is 27.5 Å². The first-order valence-electron chi connectivity index (χ1n) is 7.20. The fraction of sp³-hybridized carbons (Fsp3) is 0.125. The van der Waals surface area contributed by atoms with Crippen molar-refractivity contribution in [3.63, 3.8) is 0 Å². The van der Waals surface area contributed by atoms with Crippen LogP contribution in [-0.2, 0) is 4.79 Å². The van der Waals surface area contributed by atoms with E-state index in [0.717, 1.165) is 16.7 Å². The van der Waals surface area contributed by atoms with Crippen molar-refractivity contribution in [1.29, 1.82) is 0 Å². The van der Waals surface area contributed by atoms with Gasteiger partial charge in [-0.25, -0.2) is 0 Å². The van der Waals surface area contributed by atoms with Crippen molar-refractivity contribution >= 4 is 46.3 Å². The number of hydrogen-bond donors (Lipinski definition) is 0. The fourth-order valence-corrected chi connectivity index (χ4v) is 3.45. The zero-order valence-electron chi connectivity index (χ0n) is 12.9. The van der Waals surface area contributed by atoms with Gasteiger partial charge in [0.2, 0.25) is 0 Å². The van der Waals surface area contributed by atoms with Gasteiger partial charge >= 0.3 is 0 Å². The summed E-state index contributed by atoms with van der Waals surface area (Å²) >= 11 is 6.93. The van der Waals surface area contributed by atoms with Crippen LogP contribution < -0.4 is 0 Å². The van der Waals surface area contributed by atoms with Crippen molar-refractivity contribution in [3.8, 4) is 11.3 Å². The number of rotatable bonds is 4. The Balaban J connectivity index is 1.89. The lowest BCUT2D eigenvalue weighted by Crippen LogP contribution is -2.27. The summed E-state index contributed by atoms with van der Waals surface area (Å²) in [5, 5.41) is 10.6. The fourth-order valence-electron chi connectivity index (χ4n) is 2.29. The molecule has 1 saturated heterocycles. The van der Waals surface area contributed by atoms with Crippen molar-refractivity contribution in [1.82, 2.24) is 4.90 Å². The van der Waals surface area contributed by atoms with Crippen molar-refractivity contribution in [2.75, 3.05) is 6.54 Å². The number of imide groups is 1. The lowest BCUT2D eigenvalue weighted by atomic mass is 10.1. The highest BCUT2D eigenvalue weighted by atomic mass is 35.5. The summed E-state index contributed by atoms with van der Waals surface area (Å²) in [6.45, 7) is 2.03. The van der Waals surface area contributed by atoms with E-state index in [2.05, 4.69) is 0 Å². The number of nitro groups is 1. The molecule has 1 aliphatic rings. The van der Waals surface area contributed by atoms with E-state index < -0.39 is 4.92 Å². The Morgan fingerprint density at radius 3 is 2.68 bits per heavy atom. The minimum absolute atomic E-state index is 0.117. The third-order valence-electron chi connectivity index (χ3n) is 3.52. The summed E-state index contributed by atoms with van der Waals surface area (Å²) in [7, 11) is 0. The standard InChI is InChI=1S/C16H11ClN2O5S/c1-2-18-15(20)14(25-16(18)21)8-10-4-6-13(24-10)11-5-3-9(19(22)23)7-12(11)17/h3-8H,2H2,1H3. The third kappa shape index (κ3) is 3.31. The lowest BCUT2D eigenvalue weighted by molar-refractivity contribution is -0.384. The molecule has 1 aromatic carbocycles. The number of benzene rings is 1. The molecule has 1 aliphatic heterocycles. The highest BCUT2D eigenvalue weighted by Gasteiger charge is 2.33. The number of amides is 2. The topological polar surface area (TPSA) is 93.7 Å². The minimum atomic E-state index is -0.535. The number of nitrogens with zero attached hydrogens (tertiary/aromatic N) is 2. The average Bonchev–Trinajstić information content (AvgIpc) is 3.12. The van der Waals surface area contributed by atoms with Gasteiger partial charge in [0.15, 0.2) is 0 Å². The Morgan fingerprint density at radius 2 is 2.08 bits per heavy atom. The van der Waals surface area contributed by atoms with Crippen LogP contribution in [0.4, 0.5) is 10.5 Å². The van der Waals surface area contributed by atoms with E-state index in [4.69, 9.17) is 16.0 Å². The van der Waals surface area contributed by atoms with Crippen molar-refractivity contribution < 1.29 is 18.9 Å². The Morgan fingerprint density at radius 1 is 1.32 bits per heavy atom. The summed E-state index contributed by atoms with van der Waals surface area (Å²) in [5.74, 6) is 0.427. The zero-order chi connectivity index (χ0) is 18.1. The molecule has 0 N–H and O–H groups in total. The Bertz CT molecular complexity index is 921. The first kappa shape index (κ1) is 17.2. The Kier molecular flexibility index (Phi) is 4.65. The Labute approximate surface area is 151 Å². The molecule has 0 radical (unpaired) electrons. The molecule has 1 fully saturated rings. The van der Waals surface area contributed by atoms with E-state index in [1.54, 1.807) is 19.1 Å².